The van der Waals surface area contributed by atoms with Crippen molar-refractivity contribution in [2.45, 2.75) is 57.5 Å². The molecule has 1 aliphatic carbocycles. The summed E-state index contributed by atoms with van der Waals surface area (Å²) in [5, 5.41) is 9.30. The van der Waals surface area contributed by atoms with Crippen molar-refractivity contribution >= 4 is 17.4 Å². The Balaban J connectivity index is 1.42. The predicted molar refractivity (Wildman–Crippen MR) is 97.4 cm³/mol. The van der Waals surface area contributed by atoms with E-state index in [1.165, 1.54) is 23.5 Å². The summed E-state index contributed by atoms with van der Waals surface area (Å²) in [6.45, 7) is 4.03. The molecule has 2 amide bonds. The molecule has 1 aliphatic rings. The van der Waals surface area contributed by atoms with Gasteiger partial charge in [-0.05, 0) is 51.7 Å². The highest BCUT2D eigenvalue weighted by Gasteiger charge is 2.27. The van der Waals surface area contributed by atoms with Gasteiger partial charge in [0.25, 0.3) is 0 Å². The van der Waals surface area contributed by atoms with Gasteiger partial charge in [-0.2, -0.15) is 0 Å². The van der Waals surface area contributed by atoms with E-state index in [-0.39, 0.29) is 18.1 Å². The molecule has 2 atom stereocenters. The van der Waals surface area contributed by atoms with Crippen LogP contribution in [-0.4, -0.2) is 21.6 Å². The van der Waals surface area contributed by atoms with E-state index in [4.69, 9.17) is 0 Å². The molecule has 0 aliphatic heterocycles. The first kappa shape index (κ1) is 17.0. The van der Waals surface area contributed by atoms with Crippen LogP contribution in [0.2, 0.25) is 0 Å². The van der Waals surface area contributed by atoms with Gasteiger partial charge >= 0.3 is 6.03 Å². The number of aromatic nitrogens is 2. The number of aryl methyl sites for hydroxylation is 2. The lowest BCUT2D eigenvalue weighted by atomic mass is 10.1. The number of nitrogens with one attached hydrogen (secondary N) is 2. The lowest BCUT2D eigenvalue weighted by molar-refractivity contribution is 0.234. The van der Waals surface area contributed by atoms with E-state index >= 15 is 0 Å². The third kappa shape index (κ3) is 4.38. The number of amides is 2. The first-order valence-corrected chi connectivity index (χ1v) is 9.53. The van der Waals surface area contributed by atoms with Gasteiger partial charge in [-0.3, -0.25) is 0 Å². The summed E-state index contributed by atoms with van der Waals surface area (Å²) in [6.07, 6.45) is 6.44. The van der Waals surface area contributed by atoms with Crippen LogP contribution in [0.25, 0.3) is 0 Å². The summed E-state index contributed by atoms with van der Waals surface area (Å²) in [4.78, 5) is 16.8. The zero-order valence-electron chi connectivity index (χ0n) is 14.6. The Bertz CT molecular complexity index is 689. The van der Waals surface area contributed by atoms with E-state index in [0.29, 0.717) is 5.92 Å². The Hall–Kier alpha value is -1.82. The average molecular weight is 347 g/mol. The van der Waals surface area contributed by atoms with Crippen LogP contribution in [0.4, 0.5) is 4.79 Å². The number of carbonyl (C=O) groups is 1. The van der Waals surface area contributed by atoms with Crippen LogP contribution >= 0.6 is 11.3 Å². The number of nitrogens with zero attached hydrogens (tertiary/aromatic N) is 2. The van der Waals surface area contributed by atoms with Gasteiger partial charge in [0.2, 0.25) is 0 Å². The summed E-state index contributed by atoms with van der Waals surface area (Å²) in [6, 6.07) is 4.11. The van der Waals surface area contributed by atoms with Gasteiger partial charge in [0.15, 0.2) is 0 Å². The Morgan fingerprint density at radius 2 is 2.21 bits per heavy atom. The number of carbonyl (C=O) groups excluding carboxylic acids is 1. The SMILES string of the molecule is C[C@H](NC(=O)N[C@@H](C)CCc1cccn1C)c1csc(C2CC2)n1. The predicted octanol–water partition coefficient (Wildman–Crippen LogP) is 3.74. The van der Waals surface area contributed by atoms with Gasteiger partial charge in [0.05, 0.1) is 16.7 Å². The molecule has 2 heterocycles. The molecule has 6 heteroatoms. The molecule has 2 N–H and O–H groups in total. The fraction of sp³-hybridized carbons (Fsp3) is 0.556. The second-order valence-electron chi connectivity index (χ2n) is 6.77. The summed E-state index contributed by atoms with van der Waals surface area (Å²) < 4.78 is 2.12. The van der Waals surface area contributed by atoms with Gasteiger partial charge < -0.3 is 15.2 Å². The normalized spacial score (nSPS) is 16.6. The maximum Gasteiger partial charge on any atom is 0.315 e. The molecule has 0 saturated heterocycles. The number of hydrogen-bond acceptors (Lipinski definition) is 3. The Morgan fingerprint density at radius 3 is 2.88 bits per heavy atom. The van der Waals surface area contributed by atoms with E-state index in [1.54, 1.807) is 11.3 Å². The molecule has 0 radical (unpaired) electrons. The quantitative estimate of drug-likeness (QED) is 0.802. The van der Waals surface area contributed by atoms with Crippen molar-refractivity contribution in [3.8, 4) is 0 Å². The monoisotopic (exact) mass is 346 g/mol. The van der Waals surface area contributed by atoms with Crippen molar-refractivity contribution in [3.05, 3.63) is 40.1 Å². The smallest absolute Gasteiger partial charge is 0.315 e. The molecule has 24 heavy (non-hydrogen) atoms. The van der Waals surface area contributed by atoms with Gasteiger partial charge in [0.1, 0.15) is 0 Å². The highest BCUT2D eigenvalue weighted by atomic mass is 32.1. The Labute approximate surface area is 147 Å². The highest BCUT2D eigenvalue weighted by Crippen LogP contribution is 2.41. The highest BCUT2D eigenvalue weighted by molar-refractivity contribution is 7.09. The largest absolute Gasteiger partial charge is 0.354 e. The summed E-state index contributed by atoms with van der Waals surface area (Å²) in [5.41, 5.74) is 2.25. The Kier molecular flexibility index (Phi) is 5.23. The van der Waals surface area contributed by atoms with Gasteiger partial charge in [0, 0.05) is 36.3 Å². The van der Waals surface area contributed by atoms with Crippen LogP contribution in [0.15, 0.2) is 23.7 Å². The molecular weight excluding hydrogens is 320 g/mol. The number of thiazole rings is 1. The topological polar surface area (TPSA) is 59.0 Å². The molecule has 0 spiro atoms. The minimum atomic E-state index is -0.122. The van der Waals surface area contributed by atoms with Crippen molar-refractivity contribution in [2.24, 2.45) is 7.05 Å². The van der Waals surface area contributed by atoms with E-state index < -0.39 is 0 Å². The lowest BCUT2D eigenvalue weighted by Gasteiger charge is -2.17. The minimum absolute atomic E-state index is 0.0613. The maximum atomic E-state index is 12.2. The Morgan fingerprint density at radius 1 is 1.42 bits per heavy atom. The molecule has 1 saturated carbocycles. The van der Waals surface area contributed by atoms with Crippen molar-refractivity contribution < 1.29 is 4.79 Å². The third-order valence-corrected chi connectivity index (χ3v) is 5.55. The fourth-order valence-electron chi connectivity index (χ4n) is 2.75. The van der Waals surface area contributed by atoms with Gasteiger partial charge in [-0.15, -0.1) is 11.3 Å². The van der Waals surface area contributed by atoms with Gasteiger partial charge in [-0.1, -0.05) is 0 Å². The molecule has 5 nitrogen and oxygen atoms in total. The maximum absolute atomic E-state index is 12.2. The molecule has 2 aromatic heterocycles. The molecule has 0 aromatic carbocycles. The number of hydrogen-bond donors (Lipinski definition) is 2. The summed E-state index contributed by atoms with van der Waals surface area (Å²) >= 11 is 1.71. The summed E-state index contributed by atoms with van der Waals surface area (Å²) in [5.74, 6) is 0.669. The van der Waals surface area contributed by atoms with E-state index in [0.717, 1.165) is 18.5 Å². The number of rotatable bonds is 7. The lowest BCUT2D eigenvalue weighted by Crippen LogP contribution is -2.42. The van der Waals surface area contributed by atoms with E-state index in [2.05, 4.69) is 31.6 Å². The second kappa shape index (κ2) is 7.38. The van der Waals surface area contributed by atoms with Crippen LogP contribution < -0.4 is 10.6 Å². The molecule has 0 unspecified atom stereocenters. The van der Waals surface area contributed by atoms with Crippen molar-refractivity contribution in [2.75, 3.05) is 0 Å². The van der Waals surface area contributed by atoms with Crippen LogP contribution in [-0.2, 0) is 13.5 Å². The van der Waals surface area contributed by atoms with Crippen molar-refractivity contribution in [1.29, 1.82) is 0 Å². The van der Waals surface area contributed by atoms with Crippen molar-refractivity contribution in [1.82, 2.24) is 20.2 Å². The zero-order chi connectivity index (χ0) is 17.1. The van der Waals surface area contributed by atoms with Gasteiger partial charge in [-0.25, -0.2) is 9.78 Å². The van der Waals surface area contributed by atoms with Crippen LogP contribution in [0, 0.1) is 0 Å². The first-order chi connectivity index (χ1) is 11.5. The molecule has 1 fully saturated rings. The van der Waals surface area contributed by atoms with Crippen LogP contribution in [0.3, 0.4) is 0 Å². The third-order valence-electron chi connectivity index (χ3n) is 4.52. The molecule has 3 rings (SSSR count). The zero-order valence-corrected chi connectivity index (χ0v) is 15.4. The van der Waals surface area contributed by atoms with E-state index in [9.17, 15) is 4.79 Å². The number of urea groups is 1. The van der Waals surface area contributed by atoms with E-state index in [1.807, 2.05) is 33.2 Å². The van der Waals surface area contributed by atoms with Crippen LogP contribution in [0.1, 0.15) is 61.5 Å². The van der Waals surface area contributed by atoms with Crippen molar-refractivity contribution in [3.63, 3.8) is 0 Å². The first-order valence-electron chi connectivity index (χ1n) is 8.65. The average Bonchev–Trinajstić information content (AvgIpc) is 3.11. The standard InChI is InChI=1S/C18H26N4OS/c1-12(6-9-15-5-4-10-22(15)3)19-18(23)20-13(2)16-11-24-17(21-16)14-7-8-14/h4-5,10-14H,6-9H2,1-3H3,(H2,19,20,23)/t12-,13-/m0/s1. The second-order valence-corrected chi connectivity index (χ2v) is 7.66. The fourth-order valence-corrected chi connectivity index (χ4v) is 3.83. The molecule has 130 valence electrons. The molecule has 0 bridgehead atoms. The minimum Gasteiger partial charge on any atom is -0.354 e. The summed E-state index contributed by atoms with van der Waals surface area (Å²) in [7, 11) is 2.05. The molecular formula is C18H26N4OS. The molecule has 2 aromatic rings. The van der Waals surface area contributed by atoms with Crippen LogP contribution in [0.5, 0.6) is 0 Å².